The second-order valence-corrected chi connectivity index (χ2v) is 0.300. The topological polar surface area (TPSA) is 110 Å². The maximum Gasteiger partial charge on any atom is 0.149 e. The highest BCUT2D eigenvalue weighted by Crippen LogP contribution is 1.81. The first-order chi connectivity index (χ1) is 1.41. The van der Waals surface area contributed by atoms with Crippen LogP contribution in [0.4, 0.5) is 0 Å². The van der Waals surface area contributed by atoms with Crippen LogP contribution in [0, 0.1) is 0 Å². The smallest absolute Gasteiger partial charge is 0.149 e. The molecule has 0 saturated carbocycles. The van der Waals surface area contributed by atoms with Gasteiger partial charge in [0.1, 0.15) is 9.03 Å². The molecule has 0 unspecified atom stereocenters. The first kappa shape index (κ1) is 18.6. The van der Waals surface area contributed by atoms with Gasteiger partial charge in [0.05, 0.1) is 0 Å². The molecule has 5 heavy (non-hydrogen) atoms. The molecule has 0 aromatic rings. The van der Waals surface area contributed by atoms with Gasteiger partial charge in [-0.25, -0.2) is 0 Å². The summed E-state index contributed by atoms with van der Waals surface area (Å²) in [6.07, 6.45) is 0. The zero-order chi connectivity index (χ0) is 2.71. The third-order valence-corrected chi connectivity index (χ3v) is 0. The van der Waals surface area contributed by atoms with Gasteiger partial charge in [-0.15, -0.1) is 0 Å². The van der Waals surface area contributed by atoms with Crippen LogP contribution in [0.5, 0.6) is 0 Å². The van der Waals surface area contributed by atoms with Crippen LogP contribution in [-0.2, 0) is 0 Å². The molecule has 0 rings (SSSR count). The Labute approximate surface area is 32.3 Å². The Hall–Kier alpha value is 0.270. The van der Waals surface area contributed by atoms with Gasteiger partial charge < -0.3 is 22.1 Å². The fourth-order valence-corrected chi connectivity index (χ4v) is 0. The van der Waals surface area contributed by atoms with Crippen LogP contribution in [-0.4, -0.2) is 9.79 Å². The van der Waals surface area contributed by atoms with Crippen molar-refractivity contribution in [3.63, 3.8) is 0 Å². The average Bonchev–Trinajstić information content (AvgIpc) is 0.918. The molecule has 0 bridgehead atoms. The number of rotatable bonds is 0. The van der Waals surface area contributed by atoms with Gasteiger partial charge in [0.2, 0.25) is 0 Å². The normalized spacial score (nSPS) is 3.60. The summed E-state index contributed by atoms with van der Waals surface area (Å²) in [5, 5.41) is 0. The molecule has 5 heteroatoms. The molecule has 0 aliphatic carbocycles. The summed E-state index contributed by atoms with van der Waals surface area (Å²) in [6, 6.07) is 0. The second-order valence-electron chi connectivity index (χ2n) is 0.100. The first-order valence-corrected chi connectivity index (χ1v) is 1.34. The minimum atomic E-state index is -0.917. The van der Waals surface area contributed by atoms with E-state index in [1.54, 1.807) is 0 Å². The monoisotopic (exact) mass is 100 g/mol. The Bertz CT molecular complexity index is 7.61. The summed E-state index contributed by atoms with van der Waals surface area (Å²) < 4.78 is 0. The molecule has 0 fully saturated rings. The van der Waals surface area contributed by atoms with E-state index < -0.39 is 9.03 Å². The van der Waals surface area contributed by atoms with Crippen molar-refractivity contribution in [1.82, 2.24) is 12.3 Å². The van der Waals surface area contributed by atoms with Crippen molar-refractivity contribution in [2.45, 2.75) is 0 Å². The van der Waals surface area contributed by atoms with Crippen LogP contribution in [0.25, 0.3) is 0 Å². The second kappa shape index (κ2) is 28.3. The van der Waals surface area contributed by atoms with E-state index in [0.717, 1.165) is 0 Å². The van der Waals surface area contributed by atoms with Crippen LogP contribution in [0.2, 0.25) is 0 Å². The Morgan fingerprint density at radius 2 is 1.00 bits per heavy atom. The van der Waals surface area contributed by atoms with E-state index in [9.17, 15) is 0 Å². The molecule has 0 amide bonds. The largest absolute Gasteiger partial charge is 0.352 e. The van der Waals surface area contributed by atoms with Crippen molar-refractivity contribution < 1.29 is 9.79 Å². The molecule has 0 aromatic carbocycles. The molecular formula is H9N2O2P. The maximum absolute atomic E-state index is 7.15. The van der Waals surface area contributed by atoms with Crippen LogP contribution < -0.4 is 12.3 Å². The number of hydrogen-bond donors (Lipinski definition) is 4. The molecule has 0 atom stereocenters. The van der Waals surface area contributed by atoms with Gasteiger partial charge in [0.25, 0.3) is 0 Å². The average molecular weight is 100 g/mol. The van der Waals surface area contributed by atoms with Gasteiger partial charge in [-0.2, -0.15) is 0 Å². The minimum Gasteiger partial charge on any atom is -0.352 e. The standard InChI is InChI=1S/2H3N.H3O2P/c;;1-3-2/h2*1H3;1-3H. The van der Waals surface area contributed by atoms with Crippen molar-refractivity contribution in [1.29, 1.82) is 0 Å². The molecular weight excluding hydrogens is 91.0 g/mol. The van der Waals surface area contributed by atoms with Crippen LogP contribution in [0.3, 0.4) is 0 Å². The molecule has 0 spiro atoms. The molecule has 36 valence electrons. The molecule has 0 aliphatic heterocycles. The van der Waals surface area contributed by atoms with E-state index in [1.165, 1.54) is 0 Å². The summed E-state index contributed by atoms with van der Waals surface area (Å²) in [5.41, 5.74) is 0. The van der Waals surface area contributed by atoms with E-state index in [2.05, 4.69) is 0 Å². The third-order valence-electron chi connectivity index (χ3n) is 0. The van der Waals surface area contributed by atoms with E-state index in [4.69, 9.17) is 9.79 Å². The predicted molar refractivity (Wildman–Crippen MR) is 22.8 cm³/mol. The summed E-state index contributed by atoms with van der Waals surface area (Å²) in [7, 11) is -0.917. The highest BCUT2D eigenvalue weighted by Gasteiger charge is 1.34. The summed E-state index contributed by atoms with van der Waals surface area (Å²) >= 11 is 0. The molecule has 0 radical (unpaired) electrons. The molecule has 0 aromatic heterocycles. The lowest BCUT2D eigenvalue weighted by atomic mass is 14.0. The molecule has 8 N–H and O–H groups in total. The third kappa shape index (κ3) is 302. The Morgan fingerprint density at radius 1 is 1.00 bits per heavy atom. The summed E-state index contributed by atoms with van der Waals surface area (Å²) in [5.74, 6) is 0. The van der Waals surface area contributed by atoms with Gasteiger partial charge in [0, 0.05) is 0 Å². The Kier molecular flexibility index (Phi) is 106. The lowest BCUT2D eigenvalue weighted by molar-refractivity contribution is 0.513. The van der Waals surface area contributed by atoms with Crippen LogP contribution >= 0.6 is 9.03 Å². The van der Waals surface area contributed by atoms with Crippen molar-refractivity contribution >= 4 is 9.03 Å². The quantitative estimate of drug-likeness (QED) is 0.316. The van der Waals surface area contributed by atoms with E-state index in [0.29, 0.717) is 0 Å². The van der Waals surface area contributed by atoms with Gasteiger partial charge in [-0.1, -0.05) is 0 Å². The summed E-state index contributed by atoms with van der Waals surface area (Å²) in [6.45, 7) is 0. The fourth-order valence-electron chi connectivity index (χ4n) is 0. The zero-order valence-corrected chi connectivity index (χ0v) is 3.81. The predicted octanol–water partition coefficient (Wildman–Crippen LogP) is -0.197. The van der Waals surface area contributed by atoms with E-state index in [1.807, 2.05) is 0 Å². The number of hydrogen-bond acceptors (Lipinski definition) is 4. The lowest BCUT2D eigenvalue weighted by Gasteiger charge is -1.54. The molecule has 0 saturated heterocycles. The molecule has 4 nitrogen and oxygen atoms in total. The zero-order valence-electron chi connectivity index (χ0n) is 2.81. The highest BCUT2D eigenvalue weighted by atomic mass is 31.1. The fraction of sp³-hybridized carbons (Fsp3) is 0. The Morgan fingerprint density at radius 3 is 1.00 bits per heavy atom. The van der Waals surface area contributed by atoms with Gasteiger partial charge in [-0.05, 0) is 0 Å². The lowest BCUT2D eigenvalue weighted by Crippen LogP contribution is -1.24. The van der Waals surface area contributed by atoms with Crippen molar-refractivity contribution in [2.75, 3.05) is 0 Å². The van der Waals surface area contributed by atoms with E-state index >= 15 is 0 Å². The molecule has 0 heterocycles. The van der Waals surface area contributed by atoms with Crippen molar-refractivity contribution in [3.8, 4) is 0 Å². The van der Waals surface area contributed by atoms with Crippen molar-refractivity contribution in [3.05, 3.63) is 0 Å². The SMILES string of the molecule is N.N.OPO. The van der Waals surface area contributed by atoms with E-state index in [-0.39, 0.29) is 12.3 Å². The maximum atomic E-state index is 7.15. The van der Waals surface area contributed by atoms with Gasteiger partial charge >= 0.3 is 0 Å². The van der Waals surface area contributed by atoms with Gasteiger partial charge in [-0.3, -0.25) is 0 Å². The van der Waals surface area contributed by atoms with Crippen LogP contribution in [0.1, 0.15) is 0 Å². The first-order valence-electron chi connectivity index (χ1n) is 0.447. The van der Waals surface area contributed by atoms with Gasteiger partial charge in [0.15, 0.2) is 0 Å². The molecule has 0 aliphatic rings. The van der Waals surface area contributed by atoms with Crippen LogP contribution in [0.15, 0.2) is 0 Å². The Balaban J connectivity index is -0.0000000200. The highest BCUT2D eigenvalue weighted by molar-refractivity contribution is 7.23. The minimum absolute atomic E-state index is 0. The van der Waals surface area contributed by atoms with Crippen molar-refractivity contribution in [2.24, 2.45) is 0 Å². The summed E-state index contributed by atoms with van der Waals surface area (Å²) in [4.78, 5) is 14.3.